The summed E-state index contributed by atoms with van der Waals surface area (Å²) in [6, 6.07) is -0.903. The maximum absolute atomic E-state index is 11.4. The molecule has 0 aromatic heterocycles. The van der Waals surface area contributed by atoms with Crippen molar-refractivity contribution < 1.29 is 19.1 Å². The highest BCUT2D eigenvalue weighted by Gasteiger charge is 2.27. The molecular formula is C10H20N2O4. The minimum atomic E-state index is -0.903. The van der Waals surface area contributed by atoms with Crippen molar-refractivity contribution in [1.29, 1.82) is 0 Å². The maximum atomic E-state index is 11.4. The van der Waals surface area contributed by atoms with Crippen molar-refractivity contribution in [3.63, 3.8) is 0 Å². The normalized spacial score (nSPS) is 15.1. The van der Waals surface area contributed by atoms with E-state index in [0.29, 0.717) is 0 Å². The van der Waals surface area contributed by atoms with Gasteiger partial charge < -0.3 is 20.5 Å². The van der Waals surface area contributed by atoms with E-state index in [4.69, 9.17) is 15.2 Å². The Kier molecular flexibility index (Phi) is 5.23. The largest absolute Gasteiger partial charge is 0.444 e. The number of amides is 2. The van der Waals surface area contributed by atoms with Gasteiger partial charge in [0.05, 0.1) is 6.10 Å². The van der Waals surface area contributed by atoms with Gasteiger partial charge in [0.25, 0.3) is 0 Å². The molecule has 2 atom stereocenters. The van der Waals surface area contributed by atoms with Crippen LogP contribution in [-0.2, 0) is 14.3 Å². The van der Waals surface area contributed by atoms with Crippen molar-refractivity contribution in [3.8, 4) is 0 Å². The first-order chi connectivity index (χ1) is 7.17. The summed E-state index contributed by atoms with van der Waals surface area (Å²) in [5.41, 5.74) is 4.51. The number of rotatable bonds is 4. The number of carbonyl (C=O) groups excluding carboxylic acids is 2. The first kappa shape index (κ1) is 14.7. The van der Waals surface area contributed by atoms with Crippen LogP contribution in [-0.4, -0.2) is 36.9 Å². The molecular weight excluding hydrogens is 212 g/mol. The molecule has 16 heavy (non-hydrogen) atoms. The van der Waals surface area contributed by atoms with Crippen molar-refractivity contribution >= 4 is 12.0 Å². The van der Waals surface area contributed by atoms with Crippen LogP contribution < -0.4 is 11.1 Å². The molecule has 3 N–H and O–H groups in total. The molecule has 0 aliphatic heterocycles. The molecule has 94 valence electrons. The second-order valence-corrected chi connectivity index (χ2v) is 4.47. The van der Waals surface area contributed by atoms with E-state index in [2.05, 4.69) is 5.32 Å². The monoisotopic (exact) mass is 232 g/mol. The van der Waals surface area contributed by atoms with Crippen LogP contribution in [0.4, 0.5) is 4.79 Å². The molecule has 0 saturated carbocycles. The minimum absolute atomic E-state index is 0.509. The van der Waals surface area contributed by atoms with Gasteiger partial charge in [-0.25, -0.2) is 4.79 Å². The van der Waals surface area contributed by atoms with Crippen LogP contribution in [0.2, 0.25) is 0 Å². The number of hydrogen-bond donors (Lipinski definition) is 2. The molecule has 0 radical (unpaired) electrons. The van der Waals surface area contributed by atoms with Gasteiger partial charge in [-0.05, 0) is 27.7 Å². The summed E-state index contributed by atoms with van der Waals surface area (Å²) < 4.78 is 9.93. The summed E-state index contributed by atoms with van der Waals surface area (Å²) in [4.78, 5) is 22.5. The number of methoxy groups -OCH3 is 1. The molecule has 6 nitrogen and oxygen atoms in total. The molecule has 6 heteroatoms. The molecule has 0 fully saturated rings. The summed E-state index contributed by atoms with van der Waals surface area (Å²) in [5.74, 6) is -0.666. The van der Waals surface area contributed by atoms with Crippen LogP contribution in [0.25, 0.3) is 0 Å². The summed E-state index contributed by atoms with van der Waals surface area (Å²) in [6.07, 6.45) is -1.20. The Morgan fingerprint density at radius 3 is 2.12 bits per heavy atom. The van der Waals surface area contributed by atoms with Gasteiger partial charge in [-0.1, -0.05) is 0 Å². The molecule has 0 bridgehead atoms. The van der Waals surface area contributed by atoms with Crippen molar-refractivity contribution in [3.05, 3.63) is 0 Å². The summed E-state index contributed by atoms with van der Waals surface area (Å²) in [6.45, 7) is 6.82. The molecule has 0 aromatic rings. The van der Waals surface area contributed by atoms with E-state index >= 15 is 0 Å². The SMILES string of the molecule is COC(C)[C@H](NC(=O)OC(C)(C)C)C(N)=O. The lowest BCUT2D eigenvalue weighted by molar-refractivity contribution is -0.123. The van der Waals surface area contributed by atoms with Crippen LogP contribution in [0.3, 0.4) is 0 Å². The first-order valence-electron chi connectivity index (χ1n) is 4.99. The second kappa shape index (κ2) is 5.69. The van der Waals surface area contributed by atoms with E-state index in [9.17, 15) is 9.59 Å². The number of ether oxygens (including phenoxy) is 2. The fourth-order valence-corrected chi connectivity index (χ4v) is 0.990. The van der Waals surface area contributed by atoms with Crippen LogP contribution in [0.15, 0.2) is 0 Å². The van der Waals surface area contributed by atoms with Gasteiger partial charge in [0.15, 0.2) is 0 Å². The molecule has 0 rings (SSSR count). The van der Waals surface area contributed by atoms with Crippen LogP contribution in [0, 0.1) is 0 Å². The number of hydrogen-bond acceptors (Lipinski definition) is 4. The number of nitrogens with one attached hydrogen (secondary N) is 1. The maximum Gasteiger partial charge on any atom is 0.408 e. The van der Waals surface area contributed by atoms with Crippen molar-refractivity contribution in [2.24, 2.45) is 5.73 Å². The number of alkyl carbamates (subject to hydrolysis) is 1. The van der Waals surface area contributed by atoms with Gasteiger partial charge in [-0.2, -0.15) is 0 Å². The van der Waals surface area contributed by atoms with Crippen LogP contribution >= 0.6 is 0 Å². The summed E-state index contributed by atoms with van der Waals surface area (Å²) in [7, 11) is 1.43. The van der Waals surface area contributed by atoms with Crippen molar-refractivity contribution in [1.82, 2.24) is 5.32 Å². The van der Waals surface area contributed by atoms with Crippen molar-refractivity contribution in [2.75, 3.05) is 7.11 Å². The van der Waals surface area contributed by atoms with E-state index in [0.717, 1.165) is 0 Å². The number of nitrogens with two attached hydrogens (primary N) is 1. The highest BCUT2D eigenvalue weighted by atomic mass is 16.6. The van der Waals surface area contributed by atoms with Gasteiger partial charge in [-0.15, -0.1) is 0 Å². The predicted octanol–water partition coefficient (Wildman–Crippen LogP) is 0.400. The average molecular weight is 232 g/mol. The lowest BCUT2D eigenvalue weighted by Crippen LogP contribution is -2.52. The Bertz CT molecular complexity index is 260. The van der Waals surface area contributed by atoms with Gasteiger partial charge in [0.2, 0.25) is 5.91 Å². The minimum Gasteiger partial charge on any atom is -0.444 e. The van der Waals surface area contributed by atoms with E-state index < -0.39 is 29.7 Å². The standard InChI is InChI=1S/C10H20N2O4/c1-6(15-5)7(8(11)13)12-9(14)16-10(2,3)4/h6-7H,1-5H3,(H2,11,13)(H,12,14)/t6?,7-/m0/s1. The Labute approximate surface area is 95.5 Å². The van der Waals surface area contributed by atoms with Crippen molar-refractivity contribution in [2.45, 2.75) is 45.4 Å². The van der Waals surface area contributed by atoms with Gasteiger partial charge >= 0.3 is 6.09 Å². The molecule has 1 unspecified atom stereocenters. The number of primary amides is 1. The third kappa shape index (κ3) is 5.55. The molecule has 0 heterocycles. The van der Waals surface area contributed by atoms with E-state index in [1.807, 2.05) is 0 Å². The lowest BCUT2D eigenvalue weighted by atomic mass is 10.1. The zero-order chi connectivity index (χ0) is 12.9. The van der Waals surface area contributed by atoms with E-state index in [1.54, 1.807) is 27.7 Å². The topological polar surface area (TPSA) is 90.7 Å². The highest BCUT2D eigenvalue weighted by molar-refractivity contribution is 5.84. The lowest BCUT2D eigenvalue weighted by Gasteiger charge is -2.24. The van der Waals surface area contributed by atoms with E-state index in [1.165, 1.54) is 7.11 Å². The highest BCUT2D eigenvalue weighted by Crippen LogP contribution is 2.07. The quantitative estimate of drug-likeness (QED) is 0.734. The second-order valence-electron chi connectivity index (χ2n) is 4.47. The van der Waals surface area contributed by atoms with Crippen LogP contribution in [0.5, 0.6) is 0 Å². The molecule has 0 aromatic carbocycles. The molecule has 0 aliphatic rings. The third-order valence-corrected chi connectivity index (χ3v) is 1.82. The number of carbonyl (C=O) groups is 2. The smallest absolute Gasteiger partial charge is 0.408 e. The zero-order valence-electron chi connectivity index (χ0n) is 10.4. The molecule has 0 aliphatic carbocycles. The predicted molar refractivity (Wildman–Crippen MR) is 58.8 cm³/mol. The average Bonchev–Trinajstić information content (AvgIpc) is 2.09. The Hall–Kier alpha value is -1.30. The summed E-state index contributed by atoms with van der Waals surface area (Å²) in [5, 5.41) is 2.36. The zero-order valence-corrected chi connectivity index (χ0v) is 10.4. The first-order valence-corrected chi connectivity index (χ1v) is 4.99. The van der Waals surface area contributed by atoms with Crippen LogP contribution in [0.1, 0.15) is 27.7 Å². The van der Waals surface area contributed by atoms with Gasteiger partial charge in [0.1, 0.15) is 11.6 Å². The molecule has 0 saturated heterocycles. The van der Waals surface area contributed by atoms with Gasteiger partial charge in [-0.3, -0.25) is 4.79 Å². The van der Waals surface area contributed by atoms with E-state index in [-0.39, 0.29) is 0 Å². The molecule has 2 amide bonds. The Morgan fingerprint density at radius 1 is 1.31 bits per heavy atom. The Morgan fingerprint density at radius 2 is 1.81 bits per heavy atom. The fourth-order valence-electron chi connectivity index (χ4n) is 0.990. The third-order valence-electron chi connectivity index (χ3n) is 1.82. The fraction of sp³-hybridized carbons (Fsp3) is 0.800. The van der Waals surface area contributed by atoms with Gasteiger partial charge in [0, 0.05) is 7.11 Å². The summed E-state index contributed by atoms with van der Waals surface area (Å²) >= 11 is 0. The Balaban J connectivity index is 4.42. The molecule has 0 spiro atoms.